The molecular formula is C27H38N4O3S. The first-order valence-corrected chi connectivity index (χ1v) is 14.4. The van der Waals surface area contributed by atoms with Crippen molar-refractivity contribution in [1.82, 2.24) is 10.6 Å². The summed E-state index contributed by atoms with van der Waals surface area (Å²) < 4.78 is 29.6. The highest BCUT2D eigenvalue weighted by molar-refractivity contribution is 7.92. The van der Waals surface area contributed by atoms with Crippen molar-refractivity contribution in [3.05, 3.63) is 53.6 Å². The zero-order valence-corrected chi connectivity index (χ0v) is 21.7. The molecule has 0 radical (unpaired) electrons. The fourth-order valence-electron chi connectivity index (χ4n) is 4.91. The highest BCUT2D eigenvalue weighted by atomic mass is 32.2. The number of sulfonamides is 1. The highest BCUT2D eigenvalue weighted by Crippen LogP contribution is 2.34. The van der Waals surface area contributed by atoms with Gasteiger partial charge in [0.05, 0.1) is 16.3 Å². The van der Waals surface area contributed by atoms with E-state index in [1.807, 2.05) is 32.0 Å². The molecular weight excluding hydrogens is 460 g/mol. The number of carbonyl (C=O) groups excluding carboxylic acids is 1. The van der Waals surface area contributed by atoms with E-state index in [9.17, 15) is 13.2 Å². The molecule has 3 N–H and O–H groups in total. The molecule has 0 unspecified atom stereocenters. The third-order valence-corrected chi connectivity index (χ3v) is 8.60. The summed E-state index contributed by atoms with van der Waals surface area (Å²) in [5.41, 5.74) is 2.87. The number of hydrogen-bond acceptors (Lipinski definition) is 5. The van der Waals surface area contributed by atoms with E-state index in [-0.39, 0.29) is 16.8 Å². The largest absolute Gasteiger partial charge is 0.367 e. The maximum absolute atomic E-state index is 13.4. The molecule has 0 spiro atoms. The Kier molecular flexibility index (Phi) is 8.34. The van der Waals surface area contributed by atoms with Crippen LogP contribution in [0.2, 0.25) is 0 Å². The van der Waals surface area contributed by atoms with Gasteiger partial charge in [0.25, 0.3) is 15.9 Å². The quantitative estimate of drug-likeness (QED) is 0.500. The van der Waals surface area contributed by atoms with Crippen molar-refractivity contribution in [3.63, 3.8) is 0 Å². The summed E-state index contributed by atoms with van der Waals surface area (Å²) in [5.74, 6) is 0.317. The molecule has 1 atom stereocenters. The zero-order valence-electron chi connectivity index (χ0n) is 20.8. The van der Waals surface area contributed by atoms with Crippen LogP contribution >= 0.6 is 0 Å². The van der Waals surface area contributed by atoms with E-state index in [2.05, 4.69) is 20.3 Å². The second-order valence-corrected chi connectivity index (χ2v) is 11.4. The zero-order chi connectivity index (χ0) is 24.8. The van der Waals surface area contributed by atoms with E-state index < -0.39 is 10.0 Å². The summed E-state index contributed by atoms with van der Waals surface area (Å²) >= 11 is 0. The minimum absolute atomic E-state index is 0.0400. The van der Waals surface area contributed by atoms with E-state index >= 15 is 0 Å². The number of amides is 1. The average molecular weight is 499 g/mol. The molecule has 1 saturated carbocycles. The predicted octanol–water partition coefficient (Wildman–Crippen LogP) is 4.47. The lowest BCUT2D eigenvalue weighted by atomic mass is 9.84. The van der Waals surface area contributed by atoms with Crippen LogP contribution in [-0.2, 0) is 10.0 Å². The van der Waals surface area contributed by atoms with Gasteiger partial charge in [-0.3, -0.25) is 9.52 Å². The standard InChI is InChI=1S/C27H38N4O3S/c1-3-20(2)29-27(32)23-11-14-26(31-17-15-28-16-18-31)25(19-23)30-35(33,34)24-12-9-22(10-13-24)21-7-5-4-6-8-21/h9-14,19-21,28,30H,3-8,15-18H2,1-2H3,(H,29,32)/t20-/m1/s1. The van der Waals surface area contributed by atoms with Crippen LogP contribution in [-0.4, -0.2) is 46.5 Å². The lowest BCUT2D eigenvalue weighted by Gasteiger charge is -2.31. The molecule has 1 amide bonds. The number of nitrogens with zero attached hydrogens (tertiary/aromatic N) is 1. The summed E-state index contributed by atoms with van der Waals surface area (Å²) in [7, 11) is -3.82. The molecule has 0 bridgehead atoms. The minimum atomic E-state index is -3.82. The predicted molar refractivity (Wildman–Crippen MR) is 142 cm³/mol. The van der Waals surface area contributed by atoms with Crippen LogP contribution in [0, 0.1) is 0 Å². The van der Waals surface area contributed by atoms with Crippen LogP contribution in [0.4, 0.5) is 11.4 Å². The summed E-state index contributed by atoms with van der Waals surface area (Å²) in [5, 5.41) is 6.29. The van der Waals surface area contributed by atoms with Crippen molar-refractivity contribution in [2.24, 2.45) is 0 Å². The second kappa shape index (κ2) is 11.4. The van der Waals surface area contributed by atoms with Crippen LogP contribution in [0.15, 0.2) is 47.4 Å². The maximum Gasteiger partial charge on any atom is 0.261 e. The van der Waals surface area contributed by atoms with Crippen molar-refractivity contribution >= 4 is 27.3 Å². The van der Waals surface area contributed by atoms with Gasteiger partial charge in [-0.15, -0.1) is 0 Å². The molecule has 1 aliphatic heterocycles. The van der Waals surface area contributed by atoms with Crippen LogP contribution in [0.5, 0.6) is 0 Å². The van der Waals surface area contributed by atoms with E-state index in [4.69, 9.17) is 0 Å². The van der Waals surface area contributed by atoms with Gasteiger partial charge >= 0.3 is 0 Å². The van der Waals surface area contributed by atoms with E-state index in [0.717, 1.165) is 38.3 Å². The number of piperazine rings is 1. The van der Waals surface area contributed by atoms with Gasteiger partial charge in [-0.1, -0.05) is 38.3 Å². The molecule has 35 heavy (non-hydrogen) atoms. The Bertz CT molecular complexity index is 1110. The lowest BCUT2D eigenvalue weighted by molar-refractivity contribution is 0.0939. The van der Waals surface area contributed by atoms with Gasteiger partial charge in [-0.25, -0.2) is 8.42 Å². The number of rotatable bonds is 8. The number of carbonyl (C=O) groups is 1. The fourth-order valence-corrected chi connectivity index (χ4v) is 5.97. The van der Waals surface area contributed by atoms with Crippen LogP contribution in [0.3, 0.4) is 0 Å². The number of anilines is 2. The minimum Gasteiger partial charge on any atom is -0.367 e. The molecule has 2 aliphatic rings. The SMILES string of the molecule is CC[C@@H](C)NC(=O)c1ccc(N2CCNCC2)c(NS(=O)(=O)c2ccc(C3CCCCC3)cc2)c1. The van der Waals surface area contributed by atoms with E-state index in [1.54, 1.807) is 24.3 Å². The smallest absolute Gasteiger partial charge is 0.261 e. The van der Waals surface area contributed by atoms with Crippen LogP contribution in [0.1, 0.15) is 74.2 Å². The number of hydrogen-bond donors (Lipinski definition) is 3. The number of benzene rings is 2. The van der Waals surface area contributed by atoms with Gasteiger partial charge in [-0.05, 0) is 68.0 Å². The molecule has 2 fully saturated rings. The van der Waals surface area contributed by atoms with E-state index in [1.165, 1.54) is 37.7 Å². The van der Waals surface area contributed by atoms with Crippen LogP contribution < -0.4 is 20.3 Å². The Morgan fingerprint density at radius 3 is 2.40 bits per heavy atom. The Morgan fingerprint density at radius 2 is 1.74 bits per heavy atom. The molecule has 2 aromatic carbocycles. The maximum atomic E-state index is 13.4. The first-order chi connectivity index (χ1) is 16.9. The Morgan fingerprint density at radius 1 is 1.06 bits per heavy atom. The third-order valence-electron chi connectivity index (χ3n) is 7.22. The van der Waals surface area contributed by atoms with Crippen molar-refractivity contribution in [3.8, 4) is 0 Å². The Labute approximate surface area is 209 Å². The highest BCUT2D eigenvalue weighted by Gasteiger charge is 2.23. The van der Waals surface area contributed by atoms with Gasteiger partial charge in [0, 0.05) is 37.8 Å². The molecule has 1 aliphatic carbocycles. The molecule has 2 aromatic rings. The topological polar surface area (TPSA) is 90.5 Å². The molecule has 1 saturated heterocycles. The van der Waals surface area contributed by atoms with Gasteiger partial charge in [0.2, 0.25) is 0 Å². The first-order valence-electron chi connectivity index (χ1n) is 12.9. The first kappa shape index (κ1) is 25.5. The fraction of sp³-hybridized carbons (Fsp3) is 0.519. The lowest BCUT2D eigenvalue weighted by Crippen LogP contribution is -2.43. The Balaban J connectivity index is 1.60. The molecule has 7 nitrogen and oxygen atoms in total. The monoisotopic (exact) mass is 498 g/mol. The third kappa shape index (κ3) is 6.35. The second-order valence-electron chi connectivity index (χ2n) is 9.76. The van der Waals surface area contributed by atoms with Gasteiger partial charge < -0.3 is 15.5 Å². The molecule has 4 rings (SSSR count). The normalized spacial score (nSPS) is 18.2. The Hall–Kier alpha value is -2.58. The summed E-state index contributed by atoms with van der Waals surface area (Å²) in [4.78, 5) is 15.1. The number of nitrogens with one attached hydrogen (secondary N) is 3. The molecule has 0 aromatic heterocycles. The summed E-state index contributed by atoms with van der Waals surface area (Å²) in [6, 6.07) is 12.6. The van der Waals surface area contributed by atoms with E-state index in [0.29, 0.717) is 17.2 Å². The van der Waals surface area contributed by atoms with Crippen LogP contribution in [0.25, 0.3) is 0 Å². The summed E-state index contributed by atoms with van der Waals surface area (Å²) in [6.45, 7) is 7.15. The molecule has 8 heteroatoms. The van der Waals surface area contributed by atoms with Crippen molar-refractivity contribution < 1.29 is 13.2 Å². The van der Waals surface area contributed by atoms with Crippen molar-refractivity contribution in [1.29, 1.82) is 0 Å². The van der Waals surface area contributed by atoms with Crippen molar-refractivity contribution in [2.45, 2.75) is 69.2 Å². The van der Waals surface area contributed by atoms with Gasteiger partial charge in [0.15, 0.2) is 0 Å². The van der Waals surface area contributed by atoms with Gasteiger partial charge in [0.1, 0.15) is 0 Å². The summed E-state index contributed by atoms with van der Waals surface area (Å²) in [6.07, 6.45) is 6.93. The van der Waals surface area contributed by atoms with Crippen molar-refractivity contribution in [2.75, 3.05) is 35.8 Å². The van der Waals surface area contributed by atoms with Gasteiger partial charge in [-0.2, -0.15) is 0 Å². The molecule has 1 heterocycles. The molecule has 190 valence electrons. The average Bonchev–Trinajstić information content (AvgIpc) is 2.89.